The predicted molar refractivity (Wildman–Crippen MR) is 139 cm³/mol. The predicted octanol–water partition coefficient (Wildman–Crippen LogP) is 9.73. The van der Waals surface area contributed by atoms with Gasteiger partial charge in [0.2, 0.25) is 0 Å². The highest BCUT2D eigenvalue weighted by molar-refractivity contribution is 9.11. The Hall–Kier alpha value is -1.65. The van der Waals surface area contributed by atoms with Gasteiger partial charge in [0, 0.05) is 26.5 Å². The van der Waals surface area contributed by atoms with Gasteiger partial charge in [-0.25, -0.2) is 12.8 Å². The topological polar surface area (TPSA) is 51.2 Å². The van der Waals surface area contributed by atoms with Crippen molar-refractivity contribution in [2.45, 2.75) is 37.8 Å². The number of allylic oxidation sites excluding steroid dienone is 1. The molecule has 41 heavy (non-hydrogen) atoms. The zero-order valence-corrected chi connectivity index (χ0v) is 25.0. The zero-order chi connectivity index (χ0) is 31.7. The number of halogens is 13. The molecule has 2 rings (SSSR count). The highest BCUT2D eigenvalue weighted by Crippen LogP contribution is 2.43. The van der Waals surface area contributed by atoms with Crippen LogP contribution in [0.3, 0.4) is 0 Å². The molecule has 2 aromatic carbocycles. The fraction of sp³-hybridized carbons (Fsp3) is 0.375. The summed E-state index contributed by atoms with van der Waals surface area (Å²) >= 11 is 11.8. The van der Waals surface area contributed by atoms with Gasteiger partial charge >= 0.3 is 18.5 Å². The number of alkyl halides is 9. The third-order valence-corrected chi connectivity index (χ3v) is 9.35. The lowest BCUT2D eigenvalue weighted by atomic mass is 9.93. The van der Waals surface area contributed by atoms with Crippen LogP contribution < -0.4 is 0 Å². The second-order valence-electron chi connectivity index (χ2n) is 8.99. The van der Waals surface area contributed by atoms with E-state index < -0.39 is 92.0 Å². The monoisotopic (exact) mass is 768 g/mol. The number of rotatable bonds is 9. The third kappa shape index (κ3) is 10.2. The van der Waals surface area contributed by atoms with E-state index in [9.17, 15) is 52.7 Å². The lowest BCUT2D eigenvalue weighted by Crippen LogP contribution is -2.28. The van der Waals surface area contributed by atoms with Crippen LogP contribution in [0.1, 0.15) is 46.3 Å². The Morgan fingerprint density at radius 1 is 0.976 bits per heavy atom. The van der Waals surface area contributed by atoms with Crippen molar-refractivity contribution in [1.82, 2.24) is 0 Å². The van der Waals surface area contributed by atoms with E-state index in [2.05, 4.69) is 31.9 Å². The summed E-state index contributed by atoms with van der Waals surface area (Å²) in [6.45, 7) is 1.04. The maximum absolute atomic E-state index is 15.0. The molecule has 0 aliphatic rings. The van der Waals surface area contributed by atoms with Crippen LogP contribution in [-0.4, -0.2) is 38.1 Å². The van der Waals surface area contributed by atoms with Crippen molar-refractivity contribution in [3.8, 4) is 0 Å². The summed E-state index contributed by atoms with van der Waals surface area (Å²) in [6, 6.07) is 3.15. The van der Waals surface area contributed by atoms with Crippen molar-refractivity contribution >= 4 is 64.9 Å². The number of carbonyl (C=O) groups excluding carboxylic acids is 1. The summed E-state index contributed by atoms with van der Waals surface area (Å²) in [6.07, 6.45) is -16.3. The molecule has 2 atom stereocenters. The van der Waals surface area contributed by atoms with Crippen LogP contribution >= 0.6 is 43.5 Å². The summed E-state index contributed by atoms with van der Waals surface area (Å²) in [4.78, 5) is 12.6. The summed E-state index contributed by atoms with van der Waals surface area (Å²) in [5, 5.41) is 0.0153. The molecule has 0 N–H and O–H groups in total. The van der Waals surface area contributed by atoms with Crippen molar-refractivity contribution in [2.75, 3.05) is 11.5 Å². The van der Waals surface area contributed by atoms with Crippen molar-refractivity contribution in [2.24, 2.45) is 5.92 Å². The first-order valence-electron chi connectivity index (χ1n) is 11.0. The van der Waals surface area contributed by atoms with E-state index in [1.807, 2.05) is 0 Å². The fourth-order valence-corrected chi connectivity index (χ4v) is 6.71. The highest BCUT2D eigenvalue weighted by atomic mass is 79.9. The van der Waals surface area contributed by atoms with Gasteiger partial charge in [-0.3, -0.25) is 4.79 Å². The Labute approximate surface area is 249 Å². The van der Waals surface area contributed by atoms with Crippen LogP contribution in [0.15, 0.2) is 45.4 Å². The van der Waals surface area contributed by atoms with Gasteiger partial charge in [-0.05, 0) is 67.6 Å². The zero-order valence-electron chi connectivity index (χ0n) is 20.3. The normalized spacial score (nSPS) is 15.1. The number of carbonyl (C=O) groups is 1. The highest BCUT2D eigenvalue weighted by Gasteiger charge is 2.41. The quantitative estimate of drug-likeness (QED) is 0.145. The molecule has 0 heterocycles. The maximum atomic E-state index is 15.0. The third-order valence-electron chi connectivity index (χ3n) is 5.39. The first kappa shape index (κ1) is 35.5. The Morgan fingerprint density at radius 3 is 1.98 bits per heavy atom. The molecule has 0 saturated carbocycles. The van der Waals surface area contributed by atoms with Crippen LogP contribution in [-0.2, 0) is 16.0 Å². The van der Waals surface area contributed by atoms with Gasteiger partial charge in [-0.2, -0.15) is 39.5 Å². The van der Waals surface area contributed by atoms with Crippen LogP contribution in [0.4, 0.5) is 43.9 Å². The van der Waals surface area contributed by atoms with Crippen LogP contribution in [0, 0.1) is 5.92 Å². The molecule has 0 spiro atoms. The van der Waals surface area contributed by atoms with E-state index in [1.54, 1.807) is 0 Å². The minimum absolute atomic E-state index is 0.0153. The van der Waals surface area contributed by atoms with Gasteiger partial charge in [-0.15, -0.1) is 0 Å². The Kier molecular flexibility index (Phi) is 11.2. The standard InChI is InChI=1S/C24H17Br2ClF10O3S/c1-11(9-41(39,40)10-22(29,30)31)4-20(38)14-3-2-12(5-16(14)24(35,36)37)19(28)8-15(23(32,33)34)13-6-17(25)21(27)18(26)7-13/h2-3,5-8,11,15H,4,9-10H2,1H3/b19-8-/t11-,15?/m0/s1. The smallest absolute Gasteiger partial charge is 0.294 e. The number of hydrogen-bond acceptors (Lipinski definition) is 3. The number of ketones is 1. The van der Waals surface area contributed by atoms with Gasteiger partial charge in [0.15, 0.2) is 15.6 Å². The molecular formula is C24H17Br2ClF10O3S. The van der Waals surface area contributed by atoms with Crippen LogP contribution in [0.5, 0.6) is 0 Å². The Morgan fingerprint density at radius 2 is 1.51 bits per heavy atom. The van der Waals surface area contributed by atoms with Gasteiger partial charge in [-0.1, -0.05) is 30.7 Å². The van der Waals surface area contributed by atoms with Gasteiger partial charge in [0.1, 0.15) is 17.5 Å². The van der Waals surface area contributed by atoms with Gasteiger partial charge < -0.3 is 0 Å². The molecule has 2 aromatic rings. The molecule has 1 unspecified atom stereocenters. The molecule has 228 valence electrons. The van der Waals surface area contributed by atoms with E-state index in [0.717, 1.165) is 19.1 Å². The van der Waals surface area contributed by atoms with Gasteiger partial charge in [0.05, 0.1) is 16.3 Å². The number of hydrogen-bond donors (Lipinski definition) is 0. The minimum atomic E-state index is -5.30. The average molecular weight is 771 g/mol. The van der Waals surface area contributed by atoms with Crippen LogP contribution in [0.25, 0.3) is 5.83 Å². The summed E-state index contributed by atoms with van der Waals surface area (Å²) < 4.78 is 158. The van der Waals surface area contributed by atoms with E-state index in [1.165, 1.54) is 0 Å². The van der Waals surface area contributed by atoms with Crippen molar-refractivity contribution in [3.63, 3.8) is 0 Å². The summed E-state index contributed by atoms with van der Waals surface area (Å²) in [5.41, 5.74) is -4.24. The lowest BCUT2D eigenvalue weighted by molar-refractivity contribution is -0.140. The fourth-order valence-electron chi connectivity index (χ4n) is 3.77. The molecule has 0 aliphatic heterocycles. The van der Waals surface area contributed by atoms with Crippen LogP contribution in [0.2, 0.25) is 5.02 Å². The molecular weight excluding hydrogens is 754 g/mol. The number of sulfone groups is 1. The first-order chi connectivity index (χ1) is 18.4. The Balaban J connectivity index is 2.46. The van der Waals surface area contributed by atoms with Crippen molar-refractivity contribution in [3.05, 3.63) is 72.6 Å². The average Bonchev–Trinajstić information content (AvgIpc) is 2.76. The summed E-state index contributed by atoms with van der Waals surface area (Å²) in [7, 11) is -4.74. The maximum Gasteiger partial charge on any atom is 0.417 e. The first-order valence-corrected chi connectivity index (χ1v) is 14.8. The minimum Gasteiger partial charge on any atom is -0.294 e. The van der Waals surface area contributed by atoms with Gasteiger partial charge in [0.25, 0.3) is 0 Å². The molecule has 0 aliphatic carbocycles. The van der Waals surface area contributed by atoms with Crippen molar-refractivity contribution < 1.29 is 57.1 Å². The Bertz CT molecular complexity index is 1410. The largest absolute Gasteiger partial charge is 0.417 e. The van der Waals surface area contributed by atoms with E-state index in [-0.39, 0.29) is 26.1 Å². The molecule has 0 aromatic heterocycles. The van der Waals surface area contributed by atoms with E-state index in [0.29, 0.717) is 12.1 Å². The van der Waals surface area contributed by atoms with E-state index >= 15 is 4.39 Å². The molecule has 0 saturated heterocycles. The number of benzene rings is 2. The summed E-state index contributed by atoms with van der Waals surface area (Å²) in [5.74, 6) is -10.3. The lowest BCUT2D eigenvalue weighted by Gasteiger charge is -2.19. The molecule has 0 amide bonds. The molecule has 3 nitrogen and oxygen atoms in total. The van der Waals surface area contributed by atoms with E-state index in [4.69, 9.17) is 11.6 Å². The second-order valence-corrected chi connectivity index (χ2v) is 13.2. The van der Waals surface area contributed by atoms with Crippen molar-refractivity contribution in [1.29, 1.82) is 0 Å². The second kappa shape index (κ2) is 12.9. The number of Topliss-reactive ketones (excluding diaryl/α,β-unsaturated/α-hetero) is 1. The molecule has 17 heteroatoms. The molecule has 0 radical (unpaired) electrons. The SMILES string of the molecule is C[C@@H](CC(=O)c1ccc(/C(F)=C/C(c2cc(Br)c(Cl)c(Br)c2)C(F)(F)F)cc1C(F)(F)F)CS(=O)(=O)CC(F)(F)F. The molecule has 0 fully saturated rings. The molecule has 0 bridgehead atoms.